The van der Waals surface area contributed by atoms with Crippen molar-refractivity contribution in [3.8, 4) is 11.5 Å². The van der Waals surface area contributed by atoms with Gasteiger partial charge in [0.1, 0.15) is 5.82 Å². The lowest BCUT2D eigenvalue weighted by atomic mass is 10.2. The first-order valence-corrected chi connectivity index (χ1v) is 4.85. The Morgan fingerprint density at radius 1 is 1.13 bits per heavy atom. The minimum Gasteiger partial charge on any atom is -0.423 e. The molecule has 84 valence electrons. The number of halogens is 2. The van der Waals surface area contributed by atoms with Crippen LogP contribution in [0.1, 0.15) is 26.3 Å². The molecule has 2 nitrogen and oxygen atoms in total. The third-order valence-electron chi connectivity index (χ3n) is 1.81. The van der Waals surface area contributed by atoms with Gasteiger partial charge in [-0.25, -0.2) is 4.39 Å². The zero-order valence-electron chi connectivity index (χ0n) is 9.23. The topological polar surface area (TPSA) is 18.5 Å². The van der Waals surface area contributed by atoms with E-state index in [1.807, 2.05) is 13.8 Å². The molecule has 1 unspecified atom stereocenters. The summed E-state index contributed by atoms with van der Waals surface area (Å²) in [5.74, 6) is -0.0861. The Morgan fingerprint density at radius 3 is 2.13 bits per heavy atom. The molecule has 1 aliphatic heterocycles. The molecule has 1 heterocycles. The molecule has 0 saturated heterocycles. The van der Waals surface area contributed by atoms with Crippen LogP contribution in [0.25, 0.3) is 0 Å². The summed E-state index contributed by atoms with van der Waals surface area (Å²) < 4.78 is 35.5. The second kappa shape index (κ2) is 4.04. The molecule has 0 spiro atoms. The predicted molar refractivity (Wildman–Crippen MR) is 53.3 cm³/mol. The van der Waals surface area contributed by atoms with E-state index in [9.17, 15) is 8.78 Å². The molecule has 1 aliphatic rings. The molecule has 1 aromatic carbocycles. The van der Waals surface area contributed by atoms with Gasteiger partial charge in [0.2, 0.25) is 0 Å². The summed E-state index contributed by atoms with van der Waals surface area (Å²) in [6, 6.07) is 0.355. The first-order valence-electron chi connectivity index (χ1n) is 4.85. The molecule has 0 aliphatic carbocycles. The Bertz CT molecular complexity index is 329. The molecule has 1 atom stereocenters. The van der Waals surface area contributed by atoms with Crippen LogP contribution in [0.3, 0.4) is 0 Å². The largest absolute Gasteiger partial charge is 0.423 e. The molecule has 0 amide bonds. The van der Waals surface area contributed by atoms with Crippen LogP contribution in [0, 0.1) is 12.7 Å². The first kappa shape index (κ1) is 11.8. The zero-order valence-corrected chi connectivity index (χ0v) is 9.23. The molecule has 0 bridgehead atoms. The molecule has 2 rings (SSSR count). The van der Waals surface area contributed by atoms with Gasteiger partial charge in [-0.2, -0.15) is 4.39 Å². The fourth-order valence-corrected chi connectivity index (χ4v) is 1.21. The minimum atomic E-state index is -2.18. The summed E-state index contributed by atoms with van der Waals surface area (Å²) >= 11 is 0. The van der Waals surface area contributed by atoms with Gasteiger partial charge in [-0.15, -0.1) is 0 Å². The summed E-state index contributed by atoms with van der Waals surface area (Å²) in [4.78, 5) is 0. The summed E-state index contributed by atoms with van der Waals surface area (Å²) in [6.45, 7) is 6.70. The Kier molecular flexibility index (Phi) is 3.17. The lowest BCUT2D eigenvalue weighted by Gasteiger charge is -2.10. The molecule has 0 fully saturated rings. The van der Waals surface area contributed by atoms with Gasteiger partial charge < -0.3 is 9.47 Å². The predicted octanol–water partition coefficient (Wildman–Crippen LogP) is 3.57. The number of benzene rings is 1. The molecule has 0 N–H and O–H groups in total. The number of hydrogen-bond donors (Lipinski definition) is 0. The average Bonchev–Trinajstić information content (AvgIpc) is 2.43. The van der Waals surface area contributed by atoms with Gasteiger partial charge >= 0.3 is 6.04 Å². The van der Waals surface area contributed by atoms with Crippen molar-refractivity contribution in [2.24, 2.45) is 0 Å². The van der Waals surface area contributed by atoms with E-state index in [1.165, 1.54) is 6.07 Å². The second-order valence-corrected chi connectivity index (χ2v) is 3.09. The number of aryl methyl sites for hydroxylation is 1. The van der Waals surface area contributed by atoms with Crippen LogP contribution in [-0.4, -0.2) is 6.04 Å². The highest BCUT2D eigenvalue weighted by atomic mass is 19.2. The van der Waals surface area contributed by atoms with Gasteiger partial charge in [0.25, 0.3) is 0 Å². The van der Waals surface area contributed by atoms with Gasteiger partial charge in [-0.05, 0) is 18.6 Å². The van der Waals surface area contributed by atoms with Crippen molar-refractivity contribution in [2.75, 3.05) is 0 Å². The number of ether oxygens (including phenoxy) is 2. The maximum absolute atomic E-state index is 13.1. The normalized spacial score (nSPS) is 22.0. The first-order chi connectivity index (χ1) is 6.98. The maximum atomic E-state index is 13.1. The van der Waals surface area contributed by atoms with E-state index >= 15 is 0 Å². The highest BCUT2D eigenvalue weighted by molar-refractivity contribution is 5.45. The van der Waals surface area contributed by atoms with Crippen LogP contribution >= 0.6 is 0 Å². The lowest BCUT2D eigenvalue weighted by molar-refractivity contribution is -0.173. The Labute approximate surface area is 87.8 Å². The van der Waals surface area contributed by atoms with Crippen LogP contribution in [0.15, 0.2) is 12.1 Å². The van der Waals surface area contributed by atoms with E-state index in [4.69, 9.17) is 9.47 Å². The van der Waals surface area contributed by atoms with Crippen molar-refractivity contribution in [3.63, 3.8) is 0 Å². The summed E-state index contributed by atoms with van der Waals surface area (Å²) in [7, 11) is 0. The van der Waals surface area contributed by atoms with Crippen molar-refractivity contribution in [2.45, 2.75) is 33.7 Å². The maximum Gasteiger partial charge on any atom is 0.404 e. The molecule has 15 heavy (non-hydrogen) atoms. The van der Waals surface area contributed by atoms with Crippen molar-refractivity contribution < 1.29 is 18.3 Å². The highest BCUT2D eigenvalue weighted by Crippen LogP contribution is 2.41. The summed E-state index contributed by atoms with van der Waals surface area (Å²) in [5.41, 5.74) is 0.403. The summed E-state index contributed by atoms with van der Waals surface area (Å²) in [5, 5.41) is 0. The highest BCUT2D eigenvalue weighted by Gasteiger charge is 2.37. The van der Waals surface area contributed by atoms with Gasteiger partial charge in [0.05, 0.1) is 0 Å². The molecule has 0 aromatic heterocycles. The van der Waals surface area contributed by atoms with Crippen molar-refractivity contribution in [1.82, 2.24) is 0 Å². The van der Waals surface area contributed by atoms with Crippen molar-refractivity contribution in [3.05, 3.63) is 23.5 Å². The van der Waals surface area contributed by atoms with Gasteiger partial charge in [-0.3, -0.25) is 0 Å². The minimum absolute atomic E-state index is 0.105. The van der Waals surface area contributed by atoms with E-state index in [0.29, 0.717) is 5.56 Å². The fourth-order valence-electron chi connectivity index (χ4n) is 1.21. The van der Waals surface area contributed by atoms with Gasteiger partial charge in [0, 0.05) is 13.0 Å². The van der Waals surface area contributed by atoms with Gasteiger partial charge in [-0.1, -0.05) is 13.8 Å². The Balaban J connectivity index is 0.000000531. The number of hydrogen-bond acceptors (Lipinski definition) is 2. The SMILES string of the molecule is CC.Cc1cc2c(cc1F)OC(C)(F)O2. The standard InChI is InChI=1S/C9H8F2O2.C2H6/c1-5-3-7-8(4-6(5)10)13-9(2,11)12-7;1-2/h3-4H,1-2H3;1-2H3. The van der Waals surface area contributed by atoms with E-state index in [0.717, 1.165) is 13.0 Å². The number of alkyl halides is 1. The Morgan fingerprint density at radius 2 is 1.60 bits per heavy atom. The second-order valence-electron chi connectivity index (χ2n) is 3.09. The molecule has 4 heteroatoms. The third kappa shape index (κ3) is 2.37. The van der Waals surface area contributed by atoms with Crippen LogP contribution in [-0.2, 0) is 0 Å². The van der Waals surface area contributed by atoms with E-state index in [-0.39, 0.29) is 11.5 Å². The smallest absolute Gasteiger partial charge is 0.404 e. The van der Waals surface area contributed by atoms with E-state index in [2.05, 4.69) is 0 Å². The van der Waals surface area contributed by atoms with Crippen LogP contribution < -0.4 is 9.47 Å². The molecular formula is C11H14F2O2. The van der Waals surface area contributed by atoms with E-state index < -0.39 is 11.9 Å². The zero-order chi connectivity index (χ0) is 11.6. The molecule has 0 radical (unpaired) electrons. The number of rotatable bonds is 0. The number of fused-ring (bicyclic) bond motifs is 1. The van der Waals surface area contributed by atoms with Crippen molar-refractivity contribution >= 4 is 0 Å². The van der Waals surface area contributed by atoms with E-state index in [1.54, 1.807) is 6.92 Å². The van der Waals surface area contributed by atoms with Crippen LogP contribution in [0.2, 0.25) is 0 Å². The quantitative estimate of drug-likeness (QED) is 0.660. The van der Waals surface area contributed by atoms with Crippen LogP contribution in [0.4, 0.5) is 8.78 Å². The monoisotopic (exact) mass is 216 g/mol. The van der Waals surface area contributed by atoms with Crippen LogP contribution in [0.5, 0.6) is 11.5 Å². The fraction of sp³-hybridized carbons (Fsp3) is 0.455. The Hall–Kier alpha value is -1.32. The van der Waals surface area contributed by atoms with Crippen molar-refractivity contribution in [1.29, 1.82) is 0 Å². The average molecular weight is 216 g/mol. The van der Waals surface area contributed by atoms with Gasteiger partial charge in [0.15, 0.2) is 11.5 Å². The molecule has 1 aromatic rings. The molecule has 0 saturated carbocycles. The molecular weight excluding hydrogens is 202 g/mol. The lowest BCUT2D eigenvalue weighted by Crippen LogP contribution is -2.27. The summed E-state index contributed by atoms with van der Waals surface area (Å²) in [6.07, 6.45) is 0. The third-order valence-corrected chi connectivity index (χ3v) is 1.81.